The SMILES string of the molecule is C1=C\CCCCCNCCCCCCC/1. The first-order valence-electron chi connectivity index (χ1n) is 6.86. The van der Waals surface area contributed by atoms with Crippen molar-refractivity contribution in [2.45, 2.75) is 64.2 Å². The Morgan fingerprint density at radius 3 is 1.67 bits per heavy atom. The molecule has 0 aromatic carbocycles. The number of hydrogen-bond acceptors (Lipinski definition) is 1. The second kappa shape index (κ2) is 10.2. The Morgan fingerprint density at radius 2 is 1.00 bits per heavy atom. The highest BCUT2D eigenvalue weighted by Crippen LogP contribution is 2.07. The minimum atomic E-state index is 1.23. The zero-order valence-electron chi connectivity index (χ0n) is 10.1. The van der Waals surface area contributed by atoms with Crippen LogP contribution in [-0.2, 0) is 0 Å². The fraction of sp³-hybridized carbons (Fsp3) is 0.857. The standard InChI is InChI=1S/C14H27N/c1-2-4-6-8-10-12-14-15-13-11-9-7-5-3-1/h1,3,15H,2,4-14H2/b3-1-. The molecule has 0 amide bonds. The fourth-order valence-corrected chi connectivity index (χ4v) is 2.09. The largest absolute Gasteiger partial charge is 0.317 e. The highest BCUT2D eigenvalue weighted by molar-refractivity contribution is 4.81. The summed E-state index contributed by atoms with van der Waals surface area (Å²) in [6, 6.07) is 0. The average molecular weight is 209 g/mol. The summed E-state index contributed by atoms with van der Waals surface area (Å²) in [6.45, 7) is 2.46. The third-order valence-corrected chi connectivity index (χ3v) is 3.12. The molecule has 0 aromatic heterocycles. The van der Waals surface area contributed by atoms with Gasteiger partial charge in [0.1, 0.15) is 0 Å². The molecular weight excluding hydrogens is 182 g/mol. The average Bonchev–Trinajstić information content (AvgIpc) is 2.27. The molecule has 0 saturated heterocycles. The molecule has 15 heavy (non-hydrogen) atoms. The van der Waals surface area contributed by atoms with E-state index in [9.17, 15) is 0 Å². The summed E-state index contributed by atoms with van der Waals surface area (Å²) < 4.78 is 0. The molecule has 0 spiro atoms. The van der Waals surface area contributed by atoms with Gasteiger partial charge in [0.2, 0.25) is 0 Å². The predicted molar refractivity (Wildman–Crippen MR) is 68.2 cm³/mol. The highest BCUT2D eigenvalue weighted by Gasteiger charge is 1.92. The van der Waals surface area contributed by atoms with Crippen molar-refractivity contribution in [1.82, 2.24) is 5.32 Å². The van der Waals surface area contributed by atoms with Gasteiger partial charge in [-0.1, -0.05) is 37.8 Å². The van der Waals surface area contributed by atoms with Gasteiger partial charge in [0.25, 0.3) is 0 Å². The second-order valence-corrected chi connectivity index (χ2v) is 4.63. The Kier molecular flexibility index (Phi) is 8.70. The molecule has 1 N–H and O–H groups in total. The minimum absolute atomic E-state index is 1.23. The van der Waals surface area contributed by atoms with Crippen molar-refractivity contribution in [2.75, 3.05) is 13.1 Å². The van der Waals surface area contributed by atoms with Crippen LogP contribution in [0.1, 0.15) is 64.2 Å². The first-order valence-corrected chi connectivity index (χ1v) is 6.86. The summed E-state index contributed by atoms with van der Waals surface area (Å²) >= 11 is 0. The zero-order chi connectivity index (χ0) is 10.6. The molecule has 1 aliphatic rings. The van der Waals surface area contributed by atoms with Crippen molar-refractivity contribution < 1.29 is 0 Å². The molecule has 0 unspecified atom stereocenters. The Labute approximate surface area is 95.3 Å². The molecule has 0 atom stereocenters. The molecule has 0 aromatic rings. The van der Waals surface area contributed by atoms with Crippen LogP contribution in [0.4, 0.5) is 0 Å². The lowest BCUT2D eigenvalue weighted by Gasteiger charge is -2.03. The monoisotopic (exact) mass is 209 g/mol. The highest BCUT2D eigenvalue weighted by atomic mass is 14.8. The third kappa shape index (κ3) is 8.68. The lowest BCUT2D eigenvalue weighted by Crippen LogP contribution is -2.16. The quantitative estimate of drug-likeness (QED) is 0.594. The Balaban J connectivity index is 2.08. The maximum Gasteiger partial charge on any atom is -0.00489 e. The van der Waals surface area contributed by atoms with E-state index >= 15 is 0 Å². The third-order valence-electron chi connectivity index (χ3n) is 3.12. The van der Waals surface area contributed by atoms with Crippen LogP contribution < -0.4 is 5.32 Å². The van der Waals surface area contributed by atoms with Crippen molar-refractivity contribution in [3.8, 4) is 0 Å². The Morgan fingerprint density at radius 1 is 0.533 bits per heavy atom. The van der Waals surface area contributed by atoms with Crippen molar-refractivity contribution in [2.24, 2.45) is 0 Å². The summed E-state index contributed by atoms with van der Waals surface area (Å²) in [5.41, 5.74) is 0. The van der Waals surface area contributed by atoms with E-state index in [1.54, 1.807) is 0 Å². The molecule has 1 heteroatoms. The second-order valence-electron chi connectivity index (χ2n) is 4.63. The number of nitrogens with one attached hydrogen (secondary N) is 1. The lowest BCUT2D eigenvalue weighted by molar-refractivity contribution is 0.559. The van der Waals surface area contributed by atoms with E-state index in [1.165, 1.54) is 77.3 Å². The van der Waals surface area contributed by atoms with Gasteiger partial charge in [-0.3, -0.25) is 0 Å². The van der Waals surface area contributed by atoms with E-state index in [0.29, 0.717) is 0 Å². The molecule has 1 heterocycles. The summed E-state index contributed by atoms with van der Waals surface area (Å²) in [4.78, 5) is 0. The number of allylic oxidation sites excluding steroid dienone is 2. The molecule has 0 fully saturated rings. The molecule has 1 rings (SSSR count). The van der Waals surface area contributed by atoms with Gasteiger partial charge in [-0.05, 0) is 51.6 Å². The van der Waals surface area contributed by atoms with Gasteiger partial charge in [0, 0.05) is 0 Å². The first-order chi connectivity index (χ1) is 7.50. The maximum absolute atomic E-state index is 3.54. The van der Waals surface area contributed by atoms with Crippen LogP contribution >= 0.6 is 0 Å². The first kappa shape index (κ1) is 12.8. The maximum atomic E-state index is 3.54. The molecule has 1 nitrogen and oxygen atoms in total. The Hall–Kier alpha value is -0.300. The van der Waals surface area contributed by atoms with Gasteiger partial charge in [0.15, 0.2) is 0 Å². The van der Waals surface area contributed by atoms with E-state index in [4.69, 9.17) is 0 Å². The number of rotatable bonds is 0. The van der Waals surface area contributed by atoms with Gasteiger partial charge < -0.3 is 5.32 Å². The molecular formula is C14H27N. The molecule has 0 radical (unpaired) electrons. The van der Waals surface area contributed by atoms with Gasteiger partial charge in [-0.15, -0.1) is 0 Å². The normalized spacial score (nSPS) is 25.1. The smallest absolute Gasteiger partial charge is 0.00489 e. The van der Waals surface area contributed by atoms with Crippen molar-refractivity contribution in [1.29, 1.82) is 0 Å². The van der Waals surface area contributed by atoms with Crippen LogP contribution in [-0.4, -0.2) is 13.1 Å². The van der Waals surface area contributed by atoms with Gasteiger partial charge in [0.05, 0.1) is 0 Å². The van der Waals surface area contributed by atoms with Crippen LogP contribution in [0.5, 0.6) is 0 Å². The lowest BCUT2D eigenvalue weighted by atomic mass is 10.1. The van der Waals surface area contributed by atoms with Gasteiger partial charge in [-0.25, -0.2) is 0 Å². The van der Waals surface area contributed by atoms with Crippen LogP contribution in [0.3, 0.4) is 0 Å². The minimum Gasteiger partial charge on any atom is -0.317 e. The fourth-order valence-electron chi connectivity index (χ4n) is 2.09. The van der Waals surface area contributed by atoms with E-state index in [0.717, 1.165) is 0 Å². The topological polar surface area (TPSA) is 12.0 Å². The molecule has 0 aliphatic carbocycles. The summed E-state index contributed by atoms with van der Waals surface area (Å²) in [5, 5.41) is 3.54. The van der Waals surface area contributed by atoms with Crippen molar-refractivity contribution in [3.63, 3.8) is 0 Å². The van der Waals surface area contributed by atoms with Gasteiger partial charge >= 0.3 is 0 Å². The molecule has 0 bridgehead atoms. The van der Waals surface area contributed by atoms with E-state index in [-0.39, 0.29) is 0 Å². The summed E-state index contributed by atoms with van der Waals surface area (Å²) in [5.74, 6) is 0. The van der Waals surface area contributed by atoms with E-state index < -0.39 is 0 Å². The Bertz CT molecular complexity index is 135. The van der Waals surface area contributed by atoms with Crippen LogP contribution in [0, 0.1) is 0 Å². The molecule has 88 valence electrons. The molecule has 1 aliphatic heterocycles. The van der Waals surface area contributed by atoms with Gasteiger partial charge in [-0.2, -0.15) is 0 Å². The van der Waals surface area contributed by atoms with Crippen molar-refractivity contribution >= 4 is 0 Å². The summed E-state index contributed by atoms with van der Waals surface area (Å²) in [7, 11) is 0. The van der Waals surface area contributed by atoms with Crippen LogP contribution in [0.15, 0.2) is 12.2 Å². The zero-order valence-corrected chi connectivity index (χ0v) is 10.1. The van der Waals surface area contributed by atoms with E-state index in [1.807, 2.05) is 0 Å². The van der Waals surface area contributed by atoms with Crippen LogP contribution in [0.25, 0.3) is 0 Å². The molecule has 0 saturated carbocycles. The van der Waals surface area contributed by atoms with Crippen LogP contribution in [0.2, 0.25) is 0 Å². The summed E-state index contributed by atoms with van der Waals surface area (Å²) in [6.07, 6.45) is 18.5. The van der Waals surface area contributed by atoms with Crippen molar-refractivity contribution in [3.05, 3.63) is 12.2 Å². The number of hydrogen-bond donors (Lipinski definition) is 1. The predicted octanol–water partition coefficient (Wildman–Crippen LogP) is 4.05. The van der Waals surface area contributed by atoms with E-state index in [2.05, 4.69) is 17.5 Å².